The van der Waals surface area contributed by atoms with E-state index in [4.69, 9.17) is 10.5 Å². The van der Waals surface area contributed by atoms with E-state index in [1.807, 2.05) is 24.3 Å². The Morgan fingerprint density at radius 3 is 2.36 bits per heavy atom. The van der Waals surface area contributed by atoms with Gasteiger partial charge in [0.05, 0.1) is 18.1 Å². The van der Waals surface area contributed by atoms with Crippen LogP contribution in [0.3, 0.4) is 0 Å². The van der Waals surface area contributed by atoms with Crippen LogP contribution in [0.5, 0.6) is 5.75 Å². The summed E-state index contributed by atoms with van der Waals surface area (Å²) in [6, 6.07) is 11.2. The van der Waals surface area contributed by atoms with Gasteiger partial charge in [-0.1, -0.05) is 24.3 Å². The molecule has 2 aromatic rings. The number of fused-ring (bicyclic) bond motifs is 9. The summed E-state index contributed by atoms with van der Waals surface area (Å²) in [4.78, 5) is 52.3. The molecule has 5 fully saturated rings. The molecule has 0 spiro atoms. The first-order valence-corrected chi connectivity index (χ1v) is 16.5. The number of aliphatic hydroxyl groups is 1. The topological polar surface area (TPSA) is 147 Å². The number of quaternary nitrogens is 2. The Morgan fingerprint density at radius 2 is 1.70 bits per heavy atom. The highest BCUT2D eigenvalue weighted by Crippen LogP contribution is 2.53. The number of carbonyl (C=O) groups is 4. The number of ketones is 1. The number of carboxylic acid groups (broad SMARTS) is 1. The number of primary amides is 1. The maximum atomic E-state index is 13.8. The lowest BCUT2D eigenvalue weighted by atomic mass is 9.71. The van der Waals surface area contributed by atoms with Gasteiger partial charge in [0.25, 0.3) is 5.91 Å². The van der Waals surface area contributed by atoms with E-state index in [9.17, 15) is 29.4 Å². The van der Waals surface area contributed by atoms with Gasteiger partial charge < -0.3 is 34.5 Å². The number of carboxylic acids is 1. The number of ether oxygens (including phenoxy) is 1. The molecule has 0 radical (unpaired) electrons. The third kappa shape index (κ3) is 4.73. The fourth-order valence-corrected chi connectivity index (χ4v) is 9.58. The number of aliphatic carboxylic acids is 1. The lowest BCUT2D eigenvalue weighted by Crippen LogP contribution is -2.75. The van der Waals surface area contributed by atoms with E-state index in [1.54, 1.807) is 13.0 Å². The molecule has 2 bridgehead atoms. The largest absolute Gasteiger partial charge is 0.485 e. The van der Waals surface area contributed by atoms with Gasteiger partial charge in [0.2, 0.25) is 5.91 Å². The van der Waals surface area contributed by atoms with Crippen molar-refractivity contribution in [3.63, 3.8) is 0 Å². The quantitative estimate of drug-likeness (QED) is 0.247. The first kappa shape index (κ1) is 31.8. The predicted octanol–water partition coefficient (Wildman–Crippen LogP) is 2.07. The van der Waals surface area contributed by atoms with Crippen molar-refractivity contribution in [1.29, 1.82) is 0 Å². The minimum atomic E-state index is -1.16. The standard InChI is InChI=1S/C35H38N4O7.ClH/c1-19(40)28-31-22-4-2-7-26(30(22)32(35(44)45)37(31)34(28)43)46-25-6-3-5-23-29(25)21-9-8-20(16-24(21)33(23)42)17-38-10-13-39(14-11-38,15-12-38)18-27(36)41;/h3,5-6,8-9,16,19,22,26,28,31,40H,2,4,7,10-15,17-18H2,1H3,(H-2,36,41,44,45);1H/p+2/t19?,22-,26?,28?,31?,38?,39?;/m0./s1. The van der Waals surface area contributed by atoms with E-state index in [0.29, 0.717) is 35.4 Å². The van der Waals surface area contributed by atoms with E-state index in [0.717, 1.165) is 84.3 Å². The summed E-state index contributed by atoms with van der Waals surface area (Å²) in [6.45, 7) is 8.58. The smallest absolute Gasteiger partial charge is 0.352 e. The van der Waals surface area contributed by atoms with E-state index < -0.39 is 24.1 Å². The molecule has 12 heteroatoms. The molecule has 9 rings (SSSR count). The summed E-state index contributed by atoms with van der Waals surface area (Å²) in [5, 5.41) is 20.5. The molecular weight excluding hydrogens is 624 g/mol. The molecule has 248 valence electrons. The number of halogens is 1. The van der Waals surface area contributed by atoms with Crippen LogP contribution >= 0.6 is 12.4 Å². The number of β-lactam (4-membered cyclic amide) rings is 1. The zero-order chi connectivity index (χ0) is 32.1. The second-order valence-electron chi connectivity index (χ2n) is 14.4. The second-order valence-corrected chi connectivity index (χ2v) is 14.4. The molecule has 2 amide bonds. The zero-order valence-electron chi connectivity index (χ0n) is 26.4. The molecule has 5 aliphatic heterocycles. The number of benzene rings is 2. The molecule has 4 N–H and O–H groups in total. The third-order valence-corrected chi connectivity index (χ3v) is 11.9. The van der Waals surface area contributed by atoms with Gasteiger partial charge in [0.1, 0.15) is 63.4 Å². The first-order chi connectivity index (χ1) is 22.0. The van der Waals surface area contributed by atoms with Crippen molar-refractivity contribution < 1.29 is 43.1 Å². The van der Waals surface area contributed by atoms with Crippen molar-refractivity contribution in [3.8, 4) is 16.9 Å². The van der Waals surface area contributed by atoms with Crippen LogP contribution in [0.15, 0.2) is 47.7 Å². The summed E-state index contributed by atoms with van der Waals surface area (Å²) < 4.78 is 8.41. The van der Waals surface area contributed by atoms with Crippen molar-refractivity contribution >= 4 is 36.0 Å². The summed E-state index contributed by atoms with van der Waals surface area (Å²) in [5.41, 5.74) is 10.0. The number of hydrogen-bond donors (Lipinski definition) is 3. The Morgan fingerprint density at radius 1 is 1.00 bits per heavy atom. The van der Waals surface area contributed by atoms with Crippen molar-refractivity contribution in [2.24, 2.45) is 17.6 Å². The Kier molecular flexibility index (Phi) is 7.55. The maximum absolute atomic E-state index is 13.8. The first-order valence-electron chi connectivity index (χ1n) is 16.5. The SMILES string of the molecule is CC(O)C1C(=O)N2C(C(=O)O)=C3C(Oc4cccc5c4-c4ccc(C[N+]67CC[N+](CC(N)=O)(CC6)CC7)cc4C5=O)CCC[C@@H]3C12.Cl. The molecule has 47 heavy (non-hydrogen) atoms. The Balaban J connectivity index is 0.00000351. The highest BCUT2D eigenvalue weighted by atomic mass is 35.5. The number of nitrogens with zero attached hydrogens (tertiary/aromatic N) is 3. The molecule has 5 atom stereocenters. The maximum Gasteiger partial charge on any atom is 0.352 e. The normalized spacial score (nSPS) is 32.1. The van der Waals surface area contributed by atoms with E-state index in [1.165, 1.54) is 4.90 Å². The van der Waals surface area contributed by atoms with Gasteiger partial charge in [0.15, 0.2) is 12.3 Å². The average Bonchev–Trinajstić information content (AvgIpc) is 3.48. The zero-order valence-corrected chi connectivity index (χ0v) is 27.2. The van der Waals surface area contributed by atoms with Gasteiger partial charge in [-0.15, -0.1) is 12.4 Å². The number of rotatable bonds is 8. The summed E-state index contributed by atoms with van der Waals surface area (Å²) in [6.07, 6.45) is 0.703. The van der Waals surface area contributed by atoms with Crippen LogP contribution in [0.2, 0.25) is 0 Å². The molecule has 1 saturated carbocycles. The number of piperazine rings is 3. The van der Waals surface area contributed by atoms with Crippen molar-refractivity contribution in [2.75, 3.05) is 45.8 Å². The lowest BCUT2D eigenvalue weighted by Gasteiger charge is -2.55. The minimum absolute atomic E-state index is 0. The number of carbonyl (C=O) groups excluding carboxylic acids is 3. The van der Waals surface area contributed by atoms with Crippen LogP contribution < -0.4 is 10.5 Å². The summed E-state index contributed by atoms with van der Waals surface area (Å²) in [7, 11) is 0. The third-order valence-electron chi connectivity index (χ3n) is 11.9. The molecule has 2 aromatic carbocycles. The molecule has 11 nitrogen and oxygen atoms in total. The Labute approximate surface area is 279 Å². The minimum Gasteiger partial charge on any atom is -0.485 e. The van der Waals surface area contributed by atoms with E-state index in [2.05, 4.69) is 6.07 Å². The Hall–Kier alpha value is -3.77. The predicted molar refractivity (Wildman–Crippen MR) is 172 cm³/mol. The van der Waals surface area contributed by atoms with Crippen LogP contribution in [-0.4, -0.2) is 112 Å². The van der Waals surface area contributed by atoms with E-state index in [-0.39, 0.29) is 47.7 Å². The molecule has 7 aliphatic rings. The number of nitrogens with two attached hydrogens (primary N) is 1. The van der Waals surface area contributed by atoms with Crippen molar-refractivity contribution in [1.82, 2.24) is 4.90 Å². The van der Waals surface area contributed by atoms with Gasteiger partial charge in [-0.2, -0.15) is 0 Å². The van der Waals surface area contributed by atoms with Gasteiger partial charge in [-0.3, -0.25) is 14.4 Å². The molecule has 4 unspecified atom stereocenters. The number of aliphatic hydroxyl groups excluding tert-OH is 1. The van der Waals surface area contributed by atoms with Crippen LogP contribution in [-0.2, 0) is 20.9 Å². The number of amides is 2. The second kappa shape index (κ2) is 11.2. The van der Waals surface area contributed by atoms with Crippen molar-refractivity contribution in [3.05, 3.63) is 64.4 Å². The summed E-state index contributed by atoms with van der Waals surface area (Å²) in [5.74, 6) is -2.07. The van der Waals surface area contributed by atoms with Gasteiger partial charge >= 0.3 is 5.97 Å². The molecule has 4 saturated heterocycles. The fraction of sp³-hybridized carbons (Fsp3) is 0.486. The van der Waals surface area contributed by atoms with Crippen molar-refractivity contribution in [2.45, 2.75) is 51.0 Å². The highest BCUT2D eigenvalue weighted by molar-refractivity contribution is 6.22. The molecule has 2 aliphatic carbocycles. The highest BCUT2D eigenvalue weighted by Gasteiger charge is 2.62. The monoisotopic (exact) mass is 664 g/mol. The Bertz CT molecular complexity index is 1730. The van der Waals surface area contributed by atoms with Crippen LogP contribution in [0.4, 0.5) is 0 Å². The number of hydrogen-bond acceptors (Lipinski definition) is 6. The van der Waals surface area contributed by atoms with Gasteiger partial charge in [0, 0.05) is 33.7 Å². The molecule has 0 aromatic heterocycles. The van der Waals surface area contributed by atoms with Gasteiger partial charge in [-0.05, 0) is 43.9 Å². The van der Waals surface area contributed by atoms with Gasteiger partial charge in [-0.25, -0.2) is 4.79 Å². The molecule has 5 heterocycles. The van der Waals surface area contributed by atoms with Crippen LogP contribution in [0, 0.1) is 11.8 Å². The lowest BCUT2D eigenvalue weighted by molar-refractivity contribution is -1.08. The fourth-order valence-electron chi connectivity index (χ4n) is 9.58. The molecular formula is C35H41ClN4O7+2. The average molecular weight is 665 g/mol. The summed E-state index contributed by atoms with van der Waals surface area (Å²) >= 11 is 0. The van der Waals surface area contributed by atoms with Crippen LogP contribution in [0.1, 0.15) is 47.7 Å². The van der Waals surface area contributed by atoms with Crippen LogP contribution in [0.25, 0.3) is 11.1 Å². The van der Waals surface area contributed by atoms with E-state index >= 15 is 0 Å².